The number of amides is 2. The van der Waals surface area contributed by atoms with E-state index in [-0.39, 0.29) is 11.9 Å². The quantitative estimate of drug-likeness (QED) is 0.880. The fourth-order valence-electron chi connectivity index (χ4n) is 1.99. The van der Waals surface area contributed by atoms with Gasteiger partial charge >= 0.3 is 6.09 Å². The zero-order chi connectivity index (χ0) is 17.9. The average molecular weight is 349 g/mol. The van der Waals surface area contributed by atoms with Gasteiger partial charge < -0.3 is 15.4 Å². The van der Waals surface area contributed by atoms with Gasteiger partial charge in [-0.3, -0.25) is 4.79 Å². The second-order valence-corrected chi connectivity index (χ2v) is 7.73. The minimum absolute atomic E-state index is 0.197. The third-order valence-electron chi connectivity index (χ3n) is 3.43. The summed E-state index contributed by atoms with van der Waals surface area (Å²) >= 11 is 1.42. The van der Waals surface area contributed by atoms with Crippen LogP contribution >= 0.6 is 11.3 Å². The third kappa shape index (κ3) is 4.92. The van der Waals surface area contributed by atoms with Crippen LogP contribution in [0.25, 0.3) is 10.2 Å². The molecule has 7 heteroatoms. The standard InChI is InChI=1S/C17H23N3O3S/c1-10(11(2)18-16(22)23-17(3,4)5)14(21)20-15-19-12-8-6-7-9-13(12)24-15/h6-11H,1-5H3,(H,18,22)(H,19,20,21)/t10-,11-/m1/s1. The molecular formula is C17H23N3O3S. The van der Waals surface area contributed by atoms with E-state index >= 15 is 0 Å². The molecule has 2 atom stereocenters. The van der Waals surface area contributed by atoms with Crippen LogP contribution in [0.15, 0.2) is 24.3 Å². The molecule has 0 unspecified atom stereocenters. The van der Waals surface area contributed by atoms with Crippen LogP contribution < -0.4 is 10.6 Å². The predicted octanol–water partition coefficient (Wildman–Crippen LogP) is 3.78. The van der Waals surface area contributed by atoms with E-state index in [4.69, 9.17) is 4.74 Å². The minimum Gasteiger partial charge on any atom is -0.444 e. The molecule has 0 aliphatic heterocycles. The van der Waals surface area contributed by atoms with Crippen LogP contribution in [0, 0.1) is 5.92 Å². The molecule has 0 bridgehead atoms. The van der Waals surface area contributed by atoms with Gasteiger partial charge in [0.25, 0.3) is 0 Å². The highest BCUT2D eigenvalue weighted by Crippen LogP contribution is 2.25. The van der Waals surface area contributed by atoms with E-state index in [1.165, 1.54) is 11.3 Å². The number of alkyl carbamates (subject to hydrolysis) is 1. The molecule has 1 aromatic carbocycles. The fourth-order valence-corrected chi connectivity index (χ4v) is 2.86. The molecule has 0 aliphatic carbocycles. The second kappa shape index (κ2) is 7.17. The van der Waals surface area contributed by atoms with Crippen molar-refractivity contribution in [2.45, 2.75) is 46.3 Å². The number of anilines is 1. The van der Waals surface area contributed by atoms with Crippen molar-refractivity contribution in [3.63, 3.8) is 0 Å². The molecule has 0 fully saturated rings. The molecule has 1 aromatic heterocycles. The molecule has 24 heavy (non-hydrogen) atoms. The summed E-state index contributed by atoms with van der Waals surface area (Å²) in [4.78, 5) is 28.5. The Morgan fingerprint density at radius 2 is 1.88 bits per heavy atom. The number of carbonyl (C=O) groups excluding carboxylic acids is 2. The van der Waals surface area contributed by atoms with Crippen molar-refractivity contribution in [1.29, 1.82) is 0 Å². The Bertz CT molecular complexity index is 703. The van der Waals surface area contributed by atoms with Crippen LogP contribution in [-0.4, -0.2) is 28.6 Å². The van der Waals surface area contributed by atoms with Crippen molar-refractivity contribution in [2.75, 3.05) is 5.32 Å². The van der Waals surface area contributed by atoms with Crippen LogP contribution in [0.4, 0.5) is 9.93 Å². The molecule has 2 aromatic rings. The number of thiazole rings is 1. The van der Waals surface area contributed by atoms with Crippen LogP contribution in [0.5, 0.6) is 0 Å². The summed E-state index contributed by atoms with van der Waals surface area (Å²) in [6.07, 6.45) is -0.533. The zero-order valence-electron chi connectivity index (χ0n) is 14.5. The summed E-state index contributed by atoms with van der Waals surface area (Å²) in [5.41, 5.74) is 0.279. The number of hydrogen-bond acceptors (Lipinski definition) is 5. The Morgan fingerprint density at radius 1 is 1.21 bits per heavy atom. The summed E-state index contributed by atoms with van der Waals surface area (Å²) < 4.78 is 6.22. The Kier molecular flexibility index (Phi) is 5.43. The topological polar surface area (TPSA) is 80.3 Å². The number of carbonyl (C=O) groups is 2. The Balaban J connectivity index is 1.94. The van der Waals surface area contributed by atoms with Gasteiger partial charge in [0.05, 0.1) is 16.1 Å². The van der Waals surface area contributed by atoms with E-state index in [9.17, 15) is 9.59 Å². The molecule has 0 radical (unpaired) electrons. The number of rotatable bonds is 4. The summed E-state index contributed by atoms with van der Waals surface area (Å²) in [5.74, 6) is -0.623. The van der Waals surface area contributed by atoms with Gasteiger partial charge in [-0.2, -0.15) is 0 Å². The normalized spacial score (nSPS) is 14.0. The number of fused-ring (bicyclic) bond motifs is 1. The van der Waals surface area contributed by atoms with E-state index < -0.39 is 17.6 Å². The average Bonchev–Trinajstić information content (AvgIpc) is 2.86. The van der Waals surface area contributed by atoms with E-state index in [1.54, 1.807) is 34.6 Å². The summed E-state index contributed by atoms with van der Waals surface area (Å²) in [6.45, 7) is 8.90. The van der Waals surface area contributed by atoms with Gasteiger partial charge in [-0.25, -0.2) is 9.78 Å². The number of ether oxygens (including phenoxy) is 1. The molecule has 130 valence electrons. The lowest BCUT2D eigenvalue weighted by atomic mass is 10.0. The van der Waals surface area contributed by atoms with Gasteiger partial charge in [-0.1, -0.05) is 30.4 Å². The van der Waals surface area contributed by atoms with E-state index in [0.717, 1.165) is 10.2 Å². The number of hydrogen-bond donors (Lipinski definition) is 2. The monoisotopic (exact) mass is 349 g/mol. The predicted molar refractivity (Wildman–Crippen MR) is 96.2 cm³/mol. The molecule has 0 saturated carbocycles. The van der Waals surface area contributed by atoms with Gasteiger partial charge in [0.15, 0.2) is 5.13 Å². The Hall–Kier alpha value is -2.15. The maximum absolute atomic E-state index is 12.4. The van der Waals surface area contributed by atoms with Crippen LogP contribution in [-0.2, 0) is 9.53 Å². The van der Waals surface area contributed by atoms with Crippen LogP contribution in [0.1, 0.15) is 34.6 Å². The van der Waals surface area contributed by atoms with Gasteiger partial charge in [0.2, 0.25) is 5.91 Å². The SMILES string of the molecule is C[C@@H](NC(=O)OC(C)(C)C)[C@@H](C)C(=O)Nc1nc2ccccc2s1. The molecule has 0 aliphatic rings. The summed E-state index contributed by atoms with van der Waals surface area (Å²) in [7, 11) is 0. The highest BCUT2D eigenvalue weighted by Gasteiger charge is 2.25. The van der Waals surface area contributed by atoms with E-state index in [1.807, 2.05) is 24.3 Å². The first-order valence-electron chi connectivity index (χ1n) is 7.81. The van der Waals surface area contributed by atoms with Crippen LogP contribution in [0.2, 0.25) is 0 Å². The minimum atomic E-state index is -0.573. The number of nitrogens with one attached hydrogen (secondary N) is 2. The fraction of sp³-hybridized carbons (Fsp3) is 0.471. The van der Waals surface area contributed by atoms with Crippen LogP contribution in [0.3, 0.4) is 0 Å². The molecule has 0 saturated heterocycles. The number of para-hydroxylation sites is 1. The molecule has 2 amide bonds. The first kappa shape index (κ1) is 18.2. The lowest BCUT2D eigenvalue weighted by Crippen LogP contribution is -2.44. The van der Waals surface area contributed by atoms with Crippen molar-refractivity contribution < 1.29 is 14.3 Å². The first-order chi connectivity index (χ1) is 11.2. The highest BCUT2D eigenvalue weighted by molar-refractivity contribution is 7.22. The van der Waals surface area contributed by atoms with Crippen molar-refractivity contribution in [3.05, 3.63) is 24.3 Å². The molecular weight excluding hydrogens is 326 g/mol. The summed E-state index contributed by atoms with van der Waals surface area (Å²) in [6, 6.07) is 7.33. The second-order valence-electron chi connectivity index (χ2n) is 6.70. The van der Waals surface area contributed by atoms with Gasteiger partial charge in [-0.05, 0) is 39.8 Å². The Morgan fingerprint density at radius 3 is 2.50 bits per heavy atom. The molecule has 2 N–H and O–H groups in total. The largest absolute Gasteiger partial charge is 0.444 e. The summed E-state index contributed by atoms with van der Waals surface area (Å²) in [5, 5.41) is 6.05. The van der Waals surface area contributed by atoms with E-state index in [0.29, 0.717) is 5.13 Å². The molecule has 0 spiro atoms. The number of aromatic nitrogens is 1. The molecule has 6 nitrogen and oxygen atoms in total. The number of benzene rings is 1. The molecule has 1 heterocycles. The lowest BCUT2D eigenvalue weighted by molar-refractivity contribution is -0.120. The van der Waals surface area contributed by atoms with Gasteiger partial charge in [0, 0.05) is 6.04 Å². The third-order valence-corrected chi connectivity index (χ3v) is 4.38. The molecule has 2 rings (SSSR count). The van der Waals surface area contributed by atoms with Gasteiger partial charge in [0.1, 0.15) is 5.60 Å². The highest BCUT2D eigenvalue weighted by atomic mass is 32.1. The first-order valence-corrected chi connectivity index (χ1v) is 8.63. The van der Waals surface area contributed by atoms with Gasteiger partial charge in [-0.15, -0.1) is 0 Å². The van der Waals surface area contributed by atoms with E-state index in [2.05, 4.69) is 15.6 Å². The van der Waals surface area contributed by atoms with Crippen molar-refractivity contribution >= 4 is 38.7 Å². The Labute approximate surface area is 145 Å². The zero-order valence-corrected chi connectivity index (χ0v) is 15.4. The maximum Gasteiger partial charge on any atom is 0.407 e. The van der Waals surface area contributed by atoms with Crippen molar-refractivity contribution in [1.82, 2.24) is 10.3 Å². The lowest BCUT2D eigenvalue weighted by Gasteiger charge is -2.24. The van der Waals surface area contributed by atoms with Crippen molar-refractivity contribution in [3.8, 4) is 0 Å². The number of nitrogens with zero attached hydrogens (tertiary/aromatic N) is 1. The smallest absolute Gasteiger partial charge is 0.407 e. The van der Waals surface area contributed by atoms with Crippen molar-refractivity contribution in [2.24, 2.45) is 5.92 Å². The maximum atomic E-state index is 12.4.